The van der Waals surface area contributed by atoms with Gasteiger partial charge in [-0.1, -0.05) is 29.8 Å². The van der Waals surface area contributed by atoms with Crippen LogP contribution in [-0.2, 0) is 9.53 Å². The van der Waals surface area contributed by atoms with Gasteiger partial charge in [-0.3, -0.25) is 10.1 Å². The van der Waals surface area contributed by atoms with Crippen LogP contribution in [0.1, 0.15) is 23.6 Å². The number of rotatable bonds is 2. The molecule has 0 spiro atoms. The number of benzene rings is 1. The Labute approximate surface area is 89.4 Å². The largest absolute Gasteiger partial charge is 0.468 e. The third kappa shape index (κ3) is 2.02. The molecule has 0 saturated carbocycles. The molecule has 1 fully saturated rings. The number of hydrogen-bond donors (Lipinski definition) is 1. The molecule has 1 N–H and O–H groups in total. The Balaban J connectivity index is 1.94. The second-order valence-corrected chi connectivity index (χ2v) is 3.94. The summed E-state index contributed by atoms with van der Waals surface area (Å²) in [5, 5.41) is 3.19. The molecule has 15 heavy (non-hydrogen) atoms. The lowest BCUT2D eigenvalue weighted by atomic mass is 9.90. The van der Waals surface area contributed by atoms with Crippen molar-refractivity contribution in [1.29, 1.82) is 0 Å². The number of hydrogen-bond acceptors (Lipinski definition) is 3. The van der Waals surface area contributed by atoms with Crippen molar-refractivity contribution < 1.29 is 9.53 Å². The minimum Gasteiger partial charge on any atom is -0.468 e. The number of ether oxygens (including phenoxy) is 1. The molecule has 2 atom stereocenters. The van der Waals surface area contributed by atoms with Crippen molar-refractivity contribution in [3.63, 3.8) is 0 Å². The summed E-state index contributed by atoms with van der Waals surface area (Å²) in [6.45, 7) is 2.06. The molecule has 0 aromatic heterocycles. The highest BCUT2D eigenvalue weighted by atomic mass is 16.5. The molecule has 3 nitrogen and oxygen atoms in total. The molecule has 2 unspecified atom stereocenters. The normalized spacial score (nSPS) is 24.4. The van der Waals surface area contributed by atoms with Crippen molar-refractivity contribution in [1.82, 2.24) is 5.32 Å². The fourth-order valence-electron chi connectivity index (χ4n) is 1.79. The Bertz CT molecular complexity index is 352. The van der Waals surface area contributed by atoms with Crippen molar-refractivity contribution in [2.75, 3.05) is 7.11 Å². The van der Waals surface area contributed by atoms with E-state index in [4.69, 9.17) is 0 Å². The smallest absolute Gasteiger partial charge is 0.322 e. The minimum atomic E-state index is -0.168. The topological polar surface area (TPSA) is 38.3 Å². The molecule has 1 aliphatic rings. The van der Waals surface area contributed by atoms with E-state index in [9.17, 15) is 4.79 Å². The summed E-state index contributed by atoms with van der Waals surface area (Å²) in [7, 11) is 1.42. The van der Waals surface area contributed by atoms with Crippen LogP contribution in [-0.4, -0.2) is 19.1 Å². The molecular weight excluding hydrogens is 190 g/mol. The maximum absolute atomic E-state index is 11.1. The van der Waals surface area contributed by atoms with E-state index in [1.807, 2.05) is 0 Å². The van der Waals surface area contributed by atoms with Crippen LogP contribution in [0.2, 0.25) is 0 Å². The highest BCUT2D eigenvalue weighted by Gasteiger charge is 2.34. The van der Waals surface area contributed by atoms with E-state index < -0.39 is 0 Å². The lowest BCUT2D eigenvalue weighted by Gasteiger charge is -2.35. The first-order chi connectivity index (χ1) is 7.20. The van der Waals surface area contributed by atoms with Gasteiger partial charge in [0.1, 0.15) is 6.04 Å². The standard InChI is InChI=1S/C12H15NO2/c1-8-3-5-9(6-4-8)10-7-11(13-10)12(14)15-2/h3-6,10-11,13H,7H2,1-2H3. The first-order valence-corrected chi connectivity index (χ1v) is 5.11. The molecule has 0 amide bonds. The Morgan fingerprint density at radius 3 is 2.53 bits per heavy atom. The van der Waals surface area contributed by atoms with Crippen LogP contribution in [0.15, 0.2) is 24.3 Å². The van der Waals surface area contributed by atoms with Crippen molar-refractivity contribution in [2.24, 2.45) is 0 Å². The van der Waals surface area contributed by atoms with Crippen LogP contribution in [0.5, 0.6) is 0 Å². The van der Waals surface area contributed by atoms with Crippen molar-refractivity contribution in [3.05, 3.63) is 35.4 Å². The van der Waals surface area contributed by atoms with Gasteiger partial charge in [0, 0.05) is 6.04 Å². The second-order valence-electron chi connectivity index (χ2n) is 3.94. The van der Waals surface area contributed by atoms with Crippen LogP contribution in [0.4, 0.5) is 0 Å². The quantitative estimate of drug-likeness (QED) is 0.745. The average Bonchev–Trinajstić information content (AvgIpc) is 2.18. The van der Waals surface area contributed by atoms with Crippen LogP contribution in [0, 0.1) is 6.92 Å². The third-order valence-electron chi connectivity index (χ3n) is 2.84. The molecule has 1 saturated heterocycles. The maximum atomic E-state index is 11.1. The van der Waals surface area contributed by atoms with Gasteiger partial charge in [0.25, 0.3) is 0 Å². The molecular formula is C12H15NO2. The summed E-state index contributed by atoms with van der Waals surface area (Å²) in [6, 6.07) is 8.54. The van der Waals surface area contributed by atoms with Gasteiger partial charge in [0.2, 0.25) is 0 Å². The van der Waals surface area contributed by atoms with E-state index in [0.717, 1.165) is 6.42 Å². The zero-order valence-corrected chi connectivity index (χ0v) is 8.99. The summed E-state index contributed by atoms with van der Waals surface area (Å²) < 4.78 is 4.66. The van der Waals surface area contributed by atoms with Crippen LogP contribution < -0.4 is 5.32 Å². The van der Waals surface area contributed by atoms with Gasteiger partial charge in [-0.15, -0.1) is 0 Å². The Morgan fingerprint density at radius 2 is 2.00 bits per heavy atom. The van der Waals surface area contributed by atoms with E-state index in [-0.39, 0.29) is 12.0 Å². The number of nitrogens with one attached hydrogen (secondary N) is 1. The zero-order chi connectivity index (χ0) is 10.8. The second kappa shape index (κ2) is 4.03. The molecule has 1 heterocycles. The SMILES string of the molecule is COC(=O)C1CC(c2ccc(C)cc2)N1. The summed E-state index contributed by atoms with van der Waals surface area (Å²) in [5.41, 5.74) is 2.49. The molecule has 0 bridgehead atoms. The van der Waals surface area contributed by atoms with E-state index in [1.165, 1.54) is 18.2 Å². The highest BCUT2D eigenvalue weighted by molar-refractivity contribution is 5.77. The molecule has 1 aromatic carbocycles. The molecule has 0 aliphatic carbocycles. The monoisotopic (exact) mass is 205 g/mol. The van der Waals surface area contributed by atoms with Gasteiger partial charge in [-0.05, 0) is 18.9 Å². The van der Waals surface area contributed by atoms with Gasteiger partial charge in [-0.25, -0.2) is 0 Å². The highest BCUT2D eigenvalue weighted by Crippen LogP contribution is 2.28. The molecule has 3 heteroatoms. The fraction of sp³-hybridized carbons (Fsp3) is 0.417. The number of carbonyl (C=O) groups excluding carboxylic acids is 1. The Kier molecular flexibility index (Phi) is 2.73. The number of methoxy groups -OCH3 is 1. The first-order valence-electron chi connectivity index (χ1n) is 5.11. The van der Waals surface area contributed by atoms with Crippen molar-refractivity contribution in [2.45, 2.75) is 25.4 Å². The molecule has 80 valence electrons. The maximum Gasteiger partial charge on any atom is 0.322 e. The Morgan fingerprint density at radius 1 is 1.40 bits per heavy atom. The van der Waals surface area contributed by atoms with Crippen molar-refractivity contribution >= 4 is 5.97 Å². The number of aryl methyl sites for hydroxylation is 1. The van der Waals surface area contributed by atoms with E-state index >= 15 is 0 Å². The minimum absolute atomic E-state index is 0.124. The van der Waals surface area contributed by atoms with Crippen LogP contribution >= 0.6 is 0 Å². The van der Waals surface area contributed by atoms with E-state index in [1.54, 1.807) is 0 Å². The summed E-state index contributed by atoms with van der Waals surface area (Å²) in [4.78, 5) is 11.1. The zero-order valence-electron chi connectivity index (χ0n) is 8.99. The lowest BCUT2D eigenvalue weighted by molar-refractivity contribution is -0.146. The van der Waals surface area contributed by atoms with Gasteiger partial charge >= 0.3 is 5.97 Å². The van der Waals surface area contributed by atoms with Gasteiger partial charge < -0.3 is 4.74 Å². The third-order valence-corrected chi connectivity index (χ3v) is 2.84. The summed E-state index contributed by atoms with van der Waals surface area (Å²) >= 11 is 0. The molecule has 1 aromatic rings. The predicted octanol–water partition coefficient (Wildman–Crippen LogP) is 1.57. The Hall–Kier alpha value is -1.35. The average molecular weight is 205 g/mol. The number of esters is 1. The van der Waals surface area contributed by atoms with Crippen LogP contribution in [0.3, 0.4) is 0 Å². The summed E-state index contributed by atoms with van der Waals surface area (Å²) in [6.07, 6.45) is 0.829. The molecule has 2 rings (SSSR count). The number of carbonyl (C=O) groups is 1. The van der Waals surface area contributed by atoms with E-state index in [0.29, 0.717) is 6.04 Å². The summed E-state index contributed by atoms with van der Waals surface area (Å²) in [5.74, 6) is -0.168. The van der Waals surface area contributed by atoms with E-state index in [2.05, 4.69) is 41.2 Å². The van der Waals surface area contributed by atoms with Gasteiger partial charge in [-0.2, -0.15) is 0 Å². The first kappa shape index (κ1) is 10.2. The molecule has 1 aliphatic heterocycles. The van der Waals surface area contributed by atoms with Crippen LogP contribution in [0.25, 0.3) is 0 Å². The molecule has 0 radical (unpaired) electrons. The van der Waals surface area contributed by atoms with Gasteiger partial charge in [0.05, 0.1) is 7.11 Å². The predicted molar refractivity (Wildman–Crippen MR) is 57.5 cm³/mol. The van der Waals surface area contributed by atoms with Gasteiger partial charge in [0.15, 0.2) is 0 Å². The lowest BCUT2D eigenvalue weighted by Crippen LogP contribution is -2.51. The fourth-order valence-corrected chi connectivity index (χ4v) is 1.79. The van der Waals surface area contributed by atoms with Crippen molar-refractivity contribution in [3.8, 4) is 0 Å².